The summed E-state index contributed by atoms with van der Waals surface area (Å²) in [5.74, 6) is 0.908. The summed E-state index contributed by atoms with van der Waals surface area (Å²) in [6, 6.07) is 4.65. The highest BCUT2D eigenvalue weighted by molar-refractivity contribution is 5.49. The molecule has 0 aromatic heterocycles. The molecule has 2 aliphatic heterocycles. The lowest BCUT2D eigenvalue weighted by molar-refractivity contribution is -0.139. The lowest BCUT2D eigenvalue weighted by atomic mass is 9.84. The monoisotopic (exact) mass is 444 g/mol. The lowest BCUT2D eigenvalue weighted by Crippen LogP contribution is -2.55. The summed E-state index contributed by atoms with van der Waals surface area (Å²) < 4.78 is 48.2. The maximum Gasteiger partial charge on any atom is 0.392 e. The average Bonchev–Trinajstić information content (AvgIpc) is 2.67. The number of nitrogens with zero attached hydrogens (tertiary/aromatic N) is 2. The maximum atomic E-state index is 12.4. The van der Waals surface area contributed by atoms with Crippen molar-refractivity contribution in [2.45, 2.75) is 72.1 Å². The third-order valence-electron chi connectivity index (χ3n) is 5.91. The van der Waals surface area contributed by atoms with Crippen LogP contribution < -0.4 is 9.47 Å². The molecule has 0 bridgehead atoms. The van der Waals surface area contributed by atoms with Gasteiger partial charge in [-0.1, -0.05) is 34.6 Å². The summed E-state index contributed by atoms with van der Waals surface area (Å²) in [7, 11) is 3.72. The Morgan fingerprint density at radius 2 is 1.74 bits per heavy atom. The molecule has 0 saturated carbocycles. The molecule has 1 aromatic carbocycles. The molecule has 0 radical (unpaired) electrons. The SMILES string of the molecule is CC.COc1cc2c(cc1OCCC(F)(F)F)CCN1CC(CC(C)(C)C)N(C)C[C@H]21. The fraction of sp³-hybridized carbons (Fsp3) is 0.750. The first-order chi connectivity index (χ1) is 14.5. The summed E-state index contributed by atoms with van der Waals surface area (Å²) in [6.45, 7) is 13.4. The highest BCUT2D eigenvalue weighted by atomic mass is 19.4. The van der Waals surface area contributed by atoms with Crippen molar-refractivity contribution < 1.29 is 22.6 Å². The molecule has 1 fully saturated rings. The second kappa shape index (κ2) is 10.4. The van der Waals surface area contributed by atoms with E-state index in [0.717, 1.165) is 38.0 Å². The van der Waals surface area contributed by atoms with Gasteiger partial charge in [-0.3, -0.25) is 4.90 Å². The van der Waals surface area contributed by atoms with E-state index < -0.39 is 19.2 Å². The molecule has 178 valence electrons. The van der Waals surface area contributed by atoms with Crippen LogP contribution in [-0.2, 0) is 6.42 Å². The molecule has 7 heteroatoms. The van der Waals surface area contributed by atoms with Gasteiger partial charge < -0.3 is 14.4 Å². The Hall–Kier alpha value is -1.47. The number of fused-ring (bicyclic) bond motifs is 3. The number of ether oxygens (including phenoxy) is 2. The van der Waals surface area contributed by atoms with Gasteiger partial charge in [0.2, 0.25) is 0 Å². The fourth-order valence-electron chi connectivity index (χ4n) is 4.50. The summed E-state index contributed by atoms with van der Waals surface area (Å²) >= 11 is 0. The van der Waals surface area contributed by atoms with Gasteiger partial charge in [-0.25, -0.2) is 0 Å². The first kappa shape index (κ1) is 25.8. The molecular formula is C24H39F3N2O2. The number of benzene rings is 1. The Morgan fingerprint density at radius 3 is 2.32 bits per heavy atom. The molecule has 4 nitrogen and oxygen atoms in total. The number of likely N-dealkylation sites (N-methyl/N-ethyl adjacent to an activating group) is 1. The molecular weight excluding hydrogens is 405 g/mol. The molecule has 1 aromatic rings. The van der Waals surface area contributed by atoms with Crippen LogP contribution in [0.4, 0.5) is 13.2 Å². The van der Waals surface area contributed by atoms with Crippen LogP contribution in [0.3, 0.4) is 0 Å². The molecule has 3 rings (SSSR count). The minimum atomic E-state index is -4.22. The van der Waals surface area contributed by atoms with Crippen LogP contribution in [0.15, 0.2) is 12.1 Å². The molecule has 2 atom stereocenters. The van der Waals surface area contributed by atoms with Crippen LogP contribution in [-0.4, -0.2) is 62.4 Å². The Bertz CT molecular complexity index is 716. The standard InChI is InChI=1S/C22H33F3N2O2.C2H6/c1-21(2,3)12-16-13-27-8-6-15-10-20(29-9-7-22(23,24)25)19(28-5)11-17(15)18(27)14-26(16)4;1-2/h10-11,16,18H,6-9,12-14H2,1-5H3;1-2H3/t16?,18-;/m1./s1. The molecule has 0 spiro atoms. The third kappa shape index (κ3) is 7.01. The van der Waals surface area contributed by atoms with E-state index in [1.807, 2.05) is 26.0 Å². The van der Waals surface area contributed by atoms with Crippen molar-refractivity contribution in [3.05, 3.63) is 23.3 Å². The summed E-state index contributed by atoms with van der Waals surface area (Å²) in [6.07, 6.45) is -3.17. The number of rotatable bonds is 5. The summed E-state index contributed by atoms with van der Waals surface area (Å²) in [4.78, 5) is 4.99. The van der Waals surface area contributed by atoms with Crippen molar-refractivity contribution in [2.24, 2.45) is 5.41 Å². The smallest absolute Gasteiger partial charge is 0.392 e. The summed E-state index contributed by atoms with van der Waals surface area (Å²) in [5, 5.41) is 0. The topological polar surface area (TPSA) is 24.9 Å². The quantitative estimate of drug-likeness (QED) is 0.581. The van der Waals surface area contributed by atoms with E-state index in [4.69, 9.17) is 9.47 Å². The molecule has 31 heavy (non-hydrogen) atoms. The minimum Gasteiger partial charge on any atom is -0.493 e. The highest BCUT2D eigenvalue weighted by Gasteiger charge is 2.38. The van der Waals surface area contributed by atoms with Crippen LogP contribution in [0.25, 0.3) is 0 Å². The van der Waals surface area contributed by atoms with Crippen LogP contribution in [0.1, 0.15) is 64.6 Å². The number of hydrogen-bond donors (Lipinski definition) is 0. The Labute approximate surface area is 185 Å². The van der Waals surface area contributed by atoms with Gasteiger partial charge in [-0.05, 0) is 48.6 Å². The van der Waals surface area contributed by atoms with Crippen LogP contribution in [0.5, 0.6) is 11.5 Å². The van der Waals surface area contributed by atoms with E-state index in [1.165, 1.54) is 12.7 Å². The second-order valence-corrected chi connectivity index (χ2v) is 9.53. The molecule has 1 saturated heterocycles. The molecule has 0 N–H and O–H groups in total. The van der Waals surface area contributed by atoms with Crippen molar-refractivity contribution in [1.82, 2.24) is 9.80 Å². The van der Waals surface area contributed by atoms with E-state index in [-0.39, 0.29) is 11.5 Å². The van der Waals surface area contributed by atoms with Gasteiger partial charge in [0, 0.05) is 31.7 Å². The van der Waals surface area contributed by atoms with Gasteiger partial charge in [-0.2, -0.15) is 13.2 Å². The van der Waals surface area contributed by atoms with E-state index in [2.05, 4.69) is 37.6 Å². The molecule has 2 aliphatic rings. The summed E-state index contributed by atoms with van der Waals surface area (Å²) in [5.41, 5.74) is 2.64. The number of halogens is 3. The Morgan fingerprint density at radius 1 is 1.06 bits per heavy atom. The predicted molar refractivity (Wildman–Crippen MR) is 119 cm³/mol. The minimum absolute atomic E-state index is 0.276. The highest BCUT2D eigenvalue weighted by Crippen LogP contribution is 2.41. The van der Waals surface area contributed by atoms with Gasteiger partial charge in [0.05, 0.1) is 20.1 Å². The zero-order chi connectivity index (χ0) is 23.4. The Balaban J connectivity index is 0.00000166. The molecule has 0 amide bonds. The van der Waals surface area contributed by atoms with Crippen LogP contribution in [0.2, 0.25) is 0 Å². The van der Waals surface area contributed by atoms with Crippen molar-refractivity contribution in [1.29, 1.82) is 0 Å². The normalized spacial score (nSPS) is 22.1. The average molecular weight is 445 g/mol. The van der Waals surface area contributed by atoms with Gasteiger partial charge in [-0.15, -0.1) is 0 Å². The number of methoxy groups -OCH3 is 1. The van der Waals surface area contributed by atoms with Gasteiger partial charge >= 0.3 is 6.18 Å². The Kier molecular flexibility index (Phi) is 8.68. The lowest BCUT2D eigenvalue weighted by Gasteiger charge is -2.49. The van der Waals surface area contributed by atoms with E-state index in [0.29, 0.717) is 17.5 Å². The van der Waals surface area contributed by atoms with E-state index >= 15 is 0 Å². The van der Waals surface area contributed by atoms with Crippen molar-refractivity contribution in [3.63, 3.8) is 0 Å². The van der Waals surface area contributed by atoms with Crippen LogP contribution in [0, 0.1) is 5.41 Å². The first-order valence-electron chi connectivity index (χ1n) is 11.3. The zero-order valence-electron chi connectivity index (χ0n) is 20.1. The maximum absolute atomic E-state index is 12.4. The largest absolute Gasteiger partial charge is 0.493 e. The number of piperazine rings is 1. The van der Waals surface area contributed by atoms with Crippen molar-refractivity contribution >= 4 is 0 Å². The zero-order valence-corrected chi connectivity index (χ0v) is 20.1. The van der Waals surface area contributed by atoms with Crippen LogP contribution >= 0.6 is 0 Å². The van der Waals surface area contributed by atoms with E-state index in [9.17, 15) is 13.2 Å². The fourth-order valence-corrected chi connectivity index (χ4v) is 4.50. The predicted octanol–water partition coefficient (Wildman–Crippen LogP) is 5.70. The number of alkyl halides is 3. The second-order valence-electron chi connectivity index (χ2n) is 9.53. The van der Waals surface area contributed by atoms with Gasteiger partial charge in [0.15, 0.2) is 11.5 Å². The van der Waals surface area contributed by atoms with Crippen molar-refractivity contribution in [2.75, 3.05) is 40.4 Å². The van der Waals surface area contributed by atoms with Crippen molar-refractivity contribution in [3.8, 4) is 11.5 Å². The first-order valence-corrected chi connectivity index (χ1v) is 11.3. The van der Waals surface area contributed by atoms with E-state index in [1.54, 1.807) is 0 Å². The molecule has 1 unspecified atom stereocenters. The van der Waals surface area contributed by atoms with Gasteiger partial charge in [0.25, 0.3) is 0 Å². The third-order valence-corrected chi connectivity index (χ3v) is 5.91. The number of hydrogen-bond acceptors (Lipinski definition) is 4. The van der Waals surface area contributed by atoms with Gasteiger partial charge in [0.1, 0.15) is 0 Å². The molecule has 2 heterocycles. The molecule has 0 aliphatic carbocycles.